The van der Waals surface area contributed by atoms with Gasteiger partial charge in [0.25, 0.3) is 0 Å². The highest BCUT2D eigenvalue weighted by Gasteiger charge is 2.46. The van der Waals surface area contributed by atoms with Gasteiger partial charge in [0.05, 0.1) is 13.2 Å². The predicted octanol–water partition coefficient (Wildman–Crippen LogP) is 13.6. The molecule has 0 bridgehead atoms. The number of hydrogen-bond acceptors (Lipinski definition) is 2. The standard InChI is InChI=1S/C44H58F2O2/c1-3-5-7-9-11-12-13-14-16-21-35-48-44(47-34-20-15-10-8-6-4-2)33-32-41(42(45)43(44)46)40-30-28-39(29-31-40)38-26-24-37(25-27-38)36-22-18-17-19-23-36/h17-19,22-33,43H,3-16,20-21,34-35H2,1-2H3. The van der Waals surface area contributed by atoms with Crippen LogP contribution in [0.5, 0.6) is 0 Å². The Morgan fingerprint density at radius 3 is 1.31 bits per heavy atom. The molecule has 2 unspecified atom stereocenters. The first kappa shape index (κ1) is 37.7. The van der Waals surface area contributed by atoms with Gasteiger partial charge in [-0.2, -0.15) is 0 Å². The van der Waals surface area contributed by atoms with Crippen LogP contribution in [0.4, 0.5) is 8.78 Å². The Morgan fingerprint density at radius 1 is 0.500 bits per heavy atom. The molecule has 0 heterocycles. The molecule has 2 atom stereocenters. The fourth-order valence-corrected chi connectivity index (χ4v) is 6.46. The molecule has 0 aromatic heterocycles. The highest BCUT2D eigenvalue weighted by Crippen LogP contribution is 2.39. The maximum Gasteiger partial charge on any atom is 0.227 e. The lowest BCUT2D eigenvalue weighted by Crippen LogP contribution is -2.46. The lowest BCUT2D eigenvalue weighted by Gasteiger charge is -2.36. The van der Waals surface area contributed by atoms with Gasteiger partial charge in [-0.3, -0.25) is 0 Å². The monoisotopic (exact) mass is 656 g/mol. The summed E-state index contributed by atoms with van der Waals surface area (Å²) in [7, 11) is 0. The maximum absolute atomic E-state index is 16.1. The van der Waals surface area contributed by atoms with Crippen LogP contribution >= 0.6 is 0 Å². The molecule has 0 radical (unpaired) electrons. The van der Waals surface area contributed by atoms with Crippen LogP contribution in [0.1, 0.15) is 122 Å². The molecule has 3 aromatic rings. The minimum Gasteiger partial charge on any atom is -0.344 e. The number of hydrogen-bond donors (Lipinski definition) is 0. The first-order valence-electron chi connectivity index (χ1n) is 18.8. The van der Waals surface area contributed by atoms with E-state index in [0.717, 1.165) is 55.2 Å². The van der Waals surface area contributed by atoms with Crippen molar-refractivity contribution in [2.45, 2.75) is 129 Å². The molecule has 0 saturated heterocycles. The maximum atomic E-state index is 16.1. The van der Waals surface area contributed by atoms with E-state index in [4.69, 9.17) is 9.47 Å². The first-order valence-corrected chi connectivity index (χ1v) is 18.8. The number of alkyl halides is 1. The molecule has 0 spiro atoms. The topological polar surface area (TPSA) is 18.5 Å². The van der Waals surface area contributed by atoms with Gasteiger partial charge in [-0.1, -0.05) is 189 Å². The molecule has 4 heteroatoms. The Balaban J connectivity index is 1.35. The molecular formula is C44H58F2O2. The minimum absolute atomic E-state index is 0.245. The van der Waals surface area contributed by atoms with Crippen LogP contribution in [0.25, 0.3) is 27.8 Å². The van der Waals surface area contributed by atoms with E-state index in [-0.39, 0.29) is 5.57 Å². The number of rotatable bonds is 23. The fraction of sp³-hybridized carbons (Fsp3) is 0.500. The average Bonchev–Trinajstić information content (AvgIpc) is 3.13. The molecule has 4 rings (SSSR count). The molecule has 0 aliphatic heterocycles. The summed E-state index contributed by atoms with van der Waals surface area (Å²) in [6, 6.07) is 26.3. The molecule has 1 aliphatic carbocycles. The molecule has 3 aromatic carbocycles. The highest BCUT2D eigenvalue weighted by atomic mass is 19.2. The second-order valence-electron chi connectivity index (χ2n) is 13.3. The Morgan fingerprint density at radius 2 is 0.875 bits per heavy atom. The van der Waals surface area contributed by atoms with E-state index in [1.165, 1.54) is 69.8 Å². The van der Waals surface area contributed by atoms with Gasteiger partial charge in [0, 0.05) is 5.57 Å². The zero-order valence-corrected chi connectivity index (χ0v) is 29.5. The highest BCUT2D eigenvalue weighted by molar-refractivity contribution is 5.79. The molecule has 48 heavy (non-hydrogen) atoms. The van der Waals surface area contributed by atoms with Crippen molar-refractivity contribution in [1.82, 2.24) is 0 Å². The number of ether oxygens (including phenoxy) is 2. The van der Waals surface area contributed by atoms with Gasteiger partial charge in [-0.15, -0.1) is 0 Å². The van der Waals surface area contributed by atoms with Crippen LogP contribution in [0, 0.1) is 0 Å². The summed E-state index contributed by atoms with van der Waals surface area (Å²) in [6.45, 7) is 5.13. The van der Waals surface area contributed by atoms with E-state index in [1.807, 2.05) is 42.5 Å². The van der Waals surface area contributed by atoms with Crippen molar-refractivity contribution in [3.63, 3.8) is 0 Å². The quantitative estimate of drug-likeness (QED) is 0.0747. The Kier molecular flexibility index (Phi) is 16.6. The van der Waals surface area contributed by atoms with Gasteiger partial charge in [0.15, 0.2) is 0 Å². The Hall–Kier alpha value is -3.08. The summed E-state index contributed by atoms with van der Waals surface area (Å²) in [5.74, 6) is -2.56. The van der Waals surface area contributed by atoms with Crippen LogP contribution in [-0.4, -0.2) is 25.2 Å². The van der Waals surface area contributed by atoms with Gasteiger partial charge in [-0.25, -0.2) is 8.78 Å². The number of benzene rings is 3. The zero-order chi connectivity index (χ0) is 33.9. The summed E-state index contributed by atoms with van der Waals surface area (Å²) in [5, 5.41) is 0. The predicted molar refractivity (Wildman–Crippen MR) is 199 cm³/mol. The van der Waals surface area contributed by atoms with E-state index in [9.17, 15) is 0 Å². The number of halogens is 2. The van der Waals surface area contributed by atoms with Crippen molar-refractivity contribution >= 4 is 5.57 Å². The third-order valence-electron chi connectivity index (χ3n) is 9.49. The lowest BCUT2D eigenvalue weighted by atomic mass is 9.92. The van der Waals surface area contributed by atoms with E-state index in [2.05, 4.69) is 50.2 Å². The molecular weight excluding hydrogens is 598 g/mol. The lowest BCUT2D eigenvalue weighted by molar-refractivity contribution is -0.234. The van der Waals surface area contributed by atoms with E-state index >= 15 is 8.78 Å². The normalized spacial score (nSPS) is 17.7. The summed E-state index contributed by atoms with van der Waals surface area (Å²) in [4.78, 5) is 0. The fourth-order valence-electron chi connectivity index (χ4n) is 6.46. The molecule has 260 valence electrons. The van der Waals surface area contributed by atoms with Crippen LogP contribution in [0.15, 0.2) is 96.8 Å². The van der Waals surface area contributed by atoms with Gasteiger partial charge >= 0.3 is 0 Å². The van der Waals surface area contributed by atoms with Gasteiger partial charge in [0.2, 0.25) is 12.0 Å². The smallest absolute Gasteiger partial charge is 0.227 e. The molecule has 0 fully saturated rings. The van der Waals surface area contributed by atoms with Crippen LogP contribution in [0.2, 0.25) is 0 Å². The van der Waals surface area contributed by atoms with Crippen LogP contribution < -0.4 is 0 Å². The SMILES string of the molecule is CCCCCCCCCCCCOC1(OCCCCCCCC)C=CC(c2ccc(-c3ccc(-c4ccccc4)cc3)cc2)=C(F)C1F. The van der Waals surface area contributed by atoms with Crippen molar-refractivity contribution in [2.24, 2.45) is 0 Å². The van der Waals surface area contributed by atoms with Crippen molar-refractivity contribution in [3.8, 4) is 22.3 Å². The van der Waals surface area contributed by atoms with Gasteiger partial charge in [0.1, 0.15) is 5.83 Å². The average molecular weight is 657 g/mol. The Labute approximate surface area is 289 Å². The second-order valence-corrected chi connectivity index (χ2v) is 13.3. The third kappa shape index (κ3) is 11.5. The minimum atomic E-state index is -2.02. The van der Waals surface area contributed by atoms with E-state index in [1.54, 1.807) is 12.2 Å². The molecule has 2 nitrogen and oxygen atoms in total. The third-order valence-corrected chi connectivity index (χ3v) is 9.49. The molecule has 0 saturated carbocycles. The Bertz CT molecular complexity index is 1360. The first-order chi connectivity index (χ1) is 23.6. The van der Waals surface area contributed by atoms with E-state index < -0.39 is 17.8 Å². The summed E-state index contributed by atoms with van der Waals surface area (Å²) >= 11 is 0. The van der Waals surface area contributed by atoms with E-state index in [0.29, 0.717) is 18.8 Å². The van der Waals surface area contributed by atoms with Crippen molar-refractivity contribution < 1.29 is 18.3 Å². The molecule has 0 amide bonds. The molecule has 1 aliphatic rings. The zero-order valence-electron chi connectivity index (χ0n) is 29.5. The summed E-state index contributed by atoms with van der Waals surface area (Å²) in [6.07, 6.45) is 19.8. The van der Waals surface area contributed by atoms with Crippen LogP contribution in [-0.2, 0) is 9.47 Å². The number of allylic oxidation sites excluding steroid dienone is 2. The largest absolute Gasteiger partial charge is 0.344 e. The van der Waals surface area contributed by atoms with Crippen molar-refractivity contribution in [3.05, 3.63) is 102 Å². The van der Waals surface area contributed by atoms with Gasteiger partial charge in [-0.05, 0) is 46.7 Å². The second kappa shape index (κ2) is 21.1. The van der Waals surface area contributed by atoms with Crippen molar-refractivity contribution in [1.29, 1.82) is 0 Å². The van der Waals surface area contributed by atoms with Gasteiger partial charge < -0.3 is 9.47 Å². The summed E-state index contributed by atoms with van der Waals surface area (Å²) in [5.41, 5.74) is 5.30. The molecule has 0 N–H and O–H groups in total. The van der Waals surface area contributed by atoms with Crippen molar-refractivity contribution in [2.75, 3.05) is 13.2 Å². The summed E-state index contributed by atoms with van der Waals surface area (Å²) < 4.78 is 44.2. The van der Waals surface area contributed by atoms with Crippen LogP contribution in [0.3, 0.4) is 0 Å². The number of unbranched alkanes of at least 4 members (excludes halogenated alkanes) is 14.